The lowest BCUT2D eigenvalue weighted by Gasteiger charge is -2.21. The van der Waals surface area contributed by atoms with Crippen LogP contribution in [0.2, 0.25) is 0 Å². The quantitative estimate of drug-likeness (QED) is 0.489. The van der Waals surface area contributed by atoms with E-state index in [-0.39, 0.29) is 24.2 Å². The van der Waals surface area contributed by atoms with Crippen LogP contribution in [0.15, 0.2) is 55.0 Å². The van der Waals surface area contributed by atoms with Crippen molar-refractivity contribution in [2.75, 3.05) is 16.8 Å². The number of nitriles is 1. The van der Waals surface area contributed by atoms with Gasteiger partial charge in [-0.25, -0.2) is 4.98 Å². The summed E-state index contributed by atoms with van der Waals surface area (Å²) >= 11 is 0. The predicted molar refractivity (Wildman–Crippen MR) is 138 cm³/mol. The summed E-state index contributed by atoms with van der Waals surface area (Å²) in [5, 5.41) is 26.9. The van der Waals surface area contributed by atoms with E-state index in [4.69, 9.17) is 0 Å². The molecule has 1 aliphatic carbocycles. The summed E-state index contributed by atoms with van der Waals surface area (Å²) in [5.41, 5.74) is 1.51. The molecule has 2 aliphatic rings. The van der Waals surface area contributed by atoms with Gasteiger partial charge in [0.1, 0.15) is 11.2 Å². The number of pyridine rings is 1. The Morgan fingerprint density at radius 3 is 2.81 bits per heavy atom. The molecule has 3 aromatic rings. The fraction of sp³-hybridized carbons (Fsp3) is 0.393. The number of aromatic nitrogens is 3. The largest absolute Gasteiger partial charge is 0.389 e. The molecule has 5 rings (SSSR count). The van der Waals surface area contributed by atoms with Crippen molar-refractivity contribution in [2.45, 2.75) is 51.7 Å². The molecule has 2 N–H and O–H groups in total. The number of carbonyl (C=O) groups excluding carboxylic acids is 2. The molecule has 1 aromatic carbocycles. The highest BCUT2D eigenvalue weighted by atomic mass is 16.3. The summed E-state index contributed by atoms with van der Waals surface area (Å²) in [6, 6.07) is 13.4. The van der Waals surface area contributed by atoms with Gasteiger partial charge in [0.2, 0.25) is 11.8 Å². The SMILES string of the molecule is CC(C)(O)Cn1cc(-c2cccc(CC(=O)Nc3cc(N4CC[C@@](C#N)(C5CC5)C4=O)ccn3)c2)cn1. The smallest absolute Gasteiger partial charge is 0.247 e. The third-order valence-electron chi connectivity index (χ3n) is 6.96. The van der Waals surface area contributed by atoms with Crippen molar-refractivity contribution in [3.63, 3.8) is 0 Å². The number of benzene rings is 1. The highest BCUT2D eigenvalue weighted by Crippen LogP contribution is 2.51. The number of hydrogen-bond donors (Lipinski definition) is 2. The first-order chi connectivity index (χ1) is 17.7. The second-order valence-corrected chi connectivity index (χ2v) is 10.6. The Labute approximate surface area is 215 Å². The van der Waals surface area contributed by atoms with Gasteiger partial charge in [-0.2, -0.15) is 10.4 Å². The van der Waals surface area contributed by atoms with Crippen molar-refractivity contribution >= 4 is 23.3 Å². The Balaban J connectivity index is 1.24. The van der Waals surface area contributed by atoms with Crippen molar-refractivity contribution in [2.24, 2.45) is 11.3 Å². The normalized spacial score (nSPS) is 19.6. The maximum absolute atomic E-state index is 13.1. The molecule has 190 valence electrons. The maximum Gasteiger partial charge on any atom is 0.247 e. The zero-order valence-corrected chi connectivity index (χ0v) is 21.0. The van der Waals surface area contributed by atoms with Crippen LogP contribution in [0.1, 0.15) is 38.7 Å². The number of hydrogen-bond acceptors (Lipinski definition) is 6. The van der Waals surface area contributed by atoms with Gasteiger partial charge >= 0.3 is 0 Å². The van der Waals surface area contributed by atoms with Gasteiger partial charge in [0.05, 0.1) is 30.8 Å². The summed E-state index contributed by atoms with van der Waals surface area (Å²) < 4.78 is 1.70. The van der Waals surface area contributed by atoms with Gasteiger partial charge in [-0.3, -0.25) is 14.3 Å². The molecule has 3 heterocycles. The van der Waals surface area contributed by atoms with E-state index in [1.165, 1.54) is 0 Å². The van der Waals surface area contributed by atoms with Crippen LogP contribution < -0.4 is 10.2 Å². The van der Waals surface area contributed by atoms with Crippen LogP contribution in [-0.4, -0.2) is 43.8 Å². The average molecular weight is 499 g/mol. The van der Waals surface area contributed by atoms with Crippen LogP contribution in [0.25, 0.3) is 11.1 Å². The lowest BCUT2D eigenvalue weighted by Crippen LogP contribution is -2.35. The Morgan fingerprint density at radius 2 is 2.08 bits per heavy atom. The van der Waals surface area contributed by atoms with E-state index in [2.05, 4.69) is 21.5 Å². The lowest BCUT2D eigenvalue weighted by atomic mass is 9.83. The van der Waals surface area contributed by atoms with E-state index in [0.717, 1.165) is 29.5 Å². The minimum atomic E-state index is -0.914. The summed E-state index contributed by atoms with van der Waals surface area (Å²) in [7, 11) is 0. The molecule has 1 aliphatic heterocycles. The molecule has 0 bridgehead atoms. The van der Waals surface area contributed by atoms with Gasteiger partial charge in [-0.15, -0.1) is 0 Å². The maximum atomic E-state index is 13.1. The first-order valence-electron chi connectivity index (χ1n) is 12.5. The predicted octanol–water partition coefficient (Wildman–Crippen LogP) is 3.55. The van der Waals surface area contributed by atoms with Gasteiger partial charge in [-0.05, 0) is 56.2 Å². The first kappa shape index (κ1) is 24.7. The van der Waals surface area contributed by atoms with Crippen LogP contribution in [0.3, 0.4) is 0 Å². The number of nitrogens with zero attached hydrogens (tertiary/aromatic N) is 5. The lowest BCUT2D eigenvalue weighted by molar-refractivity contribution is -0.123. The molecular formula is C28H30N6O3. The van der Waals surface area contributed by atoms with Crippen molar-refractivity contribution in [3.05, 3.63) is 60.6 Å². The molecule has 1 saturated carbocycles. The summed E-state index contributed by atoms with van der Waals surface area (Å²) in [6.45, 7) is 4.32. The minimum absolute atomic E-state index is 0.149. The molecule has 0 spiro atoms. The van der Waals surface area contributed by atoms with Crippen LogP contribution in [0.4, 0.5) is 11.5 Å². The average Bonchev–Trinajstić information content (AvgIpc) is 3.51. The van der Waals surface area contributed by atoms with E-state index in [0.29, 0.717) is 31.0 Å². The third-order valence-corrected chi connectivity index (χ3v) is 6.96. The van der Waals surface area contributed by atoms with Crippen molar-refractivity contribution in [1.29, 1.82) is 5.26 Å². The first-order valence-corrected chi connectivity index (χ1v) is 12.5. The second kappa shape index (κ2) is 9.45. The Hall–Kier alpha value is -4.03. The van der Waals surface area contributed by atoms with E-state index in [1.54, 1.807) is 48.0 Å². The minimum Gasteiger partial charge on any atom is -0.389 e. The fourth-order valence-electron chi connectivity index (χ4n) is 5.02. The van der Waals surface area contributed by atoms with E-state index < -0.39 is 11.0 Å². The van der Waals surface area contributed by atoms with Crippen LogP contribution >= 0.6 is 0 Å². The van der Waals surface area contributed by atoms with E-state index in [9.17, 15) is 20.0 Å². The fourth-order valence-corrected chi connectivity index (χ4v) is 5.02. The number of amides is 2. The number of nitrogens with one attached hydrogen (secondary N) is 1. The molecule has 0 unspecified atom stereocenters. The number of aliphatic hydroxyl groups is 1. The number of anilines is 2. The van der Waals surface area contributed by atoms with Gasteiger partial charge in [0.15, 0.2) is 0 Å². The summed E-state index contributed by atoms with van der Waals surface area (Å²) in [4.78, 5) is 31.8. The molecule has 2 fully saturated rings. The Bertz CT molecular complexity index is 1380. The highest BCUT2D eigenvalue weighted by Gasteiger charge is 2.56. The zero-order chi connectivity index (χ0) is 26.2. The second-order valence-electron chi connectivity index (χ2n) is 10.6. The standard InChI is InChI=1S/C28H30N6O3/c1-27(2,37)18-33-16-21(15-31-33)20-5-3-4-19(12-20)13-25(35)32-24-14-23(8-10-30-24)34-11-9-28(17-29,26(34)36)22-6-7-22/h3-5,8,10,12,14-16,22,37H,6-7,9,11,13,18H2,1-2H3,(H,30,32,35)/t28-/m1/s1. The summed E-state index contributed by atoms with van der Waals surface area (Å²) in [5.74, 6) is 0.142. The van der Waals surface area contributed by atoms with Gasteiger partial charge in [0.25, 0.3) is 0 Å². The highest BCUT2D eigenvalue weighted by molar-refractivity contribution is 6.02. The van der Waals surface area contributed by atoms with Crippen LogP contribution in [-0.2, 0) is 22.6 Å². The van der Waals surface area contributed by atoms with E-state index in [1.807, 2.05) is 30.5 Å². The van der Waals surface area contributed by atoms with E-state index >= 15 is 0 Å². The molecule has 2 amide bonds. The van der Waals surface area contributed by atoms with Crippen molar-refractivity contribution in [3.8, 4) is 17.2 Å². The van der Waals surface area contributed by atoms with Gasteiger partial charge in [-0.1, -0.05) is 24.3 Å². The Kier molecular flexibility index (Phi) is 6.30. The molecule has 9 heteroatoms. The Morgan fingerprint density at radius 1 is 1.27 bits per heavy atom. The number of carbonyl (C=O) groups is 2. The molecule has 37 heavy (non-hydrogen) atoms. The van der Waals surface area contributed by atoms with Gasteiger partial charge < -0.3 is 15.3 Å². The molecule has 1 atom stereocenters. The molecule has 2 aromatic heterocycles. The molecule has 1 saturated heterocycles. The topological polar surface area (TPSA) is 124 Å². The molecule has 0 radical (unpaired) electrons. The van der Waals surface area contributed by atoms with Crippen molar-refractivity contribution < 1.29 is 14.7 Å². The zero-order valence-electron chi connectivity index (χ0n) is 21.0. The van der Waals surface area contributed by atoms with Crippen LogP contribution in [0.5, 0.6) is 0 Å². The number of rotatable bonds is 8. The van der Waals surface area contributed by atoms with Crippen LogP contribution in [0, 0.1) is 22.7 Å². The summed E-state index contributed by atoms with van der Waals surface area (Å²) in [6.07, 6.45) is 7.71. The monoisotopic (exact) mass is 498 g/mol. The molecule has 9 nitrogen and oxygen atoms in total. The van der Waals surface area contributed by atoms with Crippen molar-refractivity contribution in [1.82, 2.24) is 14.8 Å². The van der Waals surface area contributed by atoms with Gasteiger partial charge in [0, 0.05) is 36.3 Å². The third kappa shape index (κ3) is 5.25. The molecular weight excluding hydrogens is 468 g/mol.